The molecule has 1 atom stereocenters. The highest BCUT2D eigenvalue weighted by Crippen LogP contribution is 2.25. The average Bonchev–Trinajstić information content (AvgIpc) is 3.16. The summed E-state index contributed by atoms with van der Waals surface area (Å²) in [6, 6.07) is 8.57. The van der Waals surface area contributed by atoms with Crippen LogP contribution in [0.5, 0.6) is 0 Å². The summed E-state index contributed by atoms with van der Waals surface area (Å²) < 4.78 is 0. The molecule has 1 aliphatic carbocycles. The minimum Gasteiger partial charge on any atom is -0.303 e. The van der Waals surface area contributed by atoms with Crippen LogP contribution < -0.4 is 10.6 Å². The molecule has 1 aliphatic rings. The summed E-state index contributed by atoms with van der Waals surface area (Å²) in [7, 11) is 0. The highest BCUT2D eigenvalue weighted by molar-refractivity contribution is 7.14. The van der Waals surface area contributed by atoms with Gasteiger partial charge in [0.2, 0.25) is 5.91 Å². The maximum absolute atomic E-state index is 12.1. The van der Waals surface area contributed by atoms with Crippen molar-refractivity contribution in [2.75, 3.05) is 5.32 Å². The second-order valence-corrected chi connectivity index (χ2v) is 6.41. The van der Waals surface area contributed by atoms with Gasteiger partial charge in [-0.25, -0.2) is 4.98 Å². The van der Waals surface area contributed by atoms with Gasteiger partial charge in [-0.05, 0) is 26.7 Å². The van der Waals surface area contributed by atoms with E-state index in [4.69, 9.17) is 0 Å². The second-order valence-electron chi connectivity index (χ2n) is 5.56. The lowest BCUT2D eigenvalue weighted by Crippen LogP contribution is -2.39. The van der Waals surface area contributed by atoms with E-state index in [2.05, 4.69) is 34.7 Å². The monoisotopic (exact) mass is 301 g/mol. The molecule has 1 amide bonds. The number of nitrogens with one attached hydrogen (secondary N) is 2. The van der Waals surface area contributed by atoms with Crippen LogP contribution in [0.15, 0.2) is 29.6 Å². The molecule has 1 unspecified atom stereocenters. The smallest absolute Gasteiger partial charge is 0.243 e. The summed E-state index contributed by atoms with van der Waals surface area (Å²) in [5.41, 5.74) is 3.20. The molecular weight excluding hydrogens is 282 g/mol. The molecule has 0 spiro atoms. The Hall–Kier alpha value is -1.72. The van der Waals surface area contributed by atoms with E-state index in [0.29, 0.717) is 11.2 Å². The first-order valence-corrected chi connectivity index (χ1v) is 8.09. The quantitative estimate of drug-likeness (QED) is 0.891. The normalized spacial score (nSPS) is 15.7. The van der Waals surface area contributed by atoms with Crippen LogP contribution in [0.1, 0.15) is 25.3 Å². The highest BCUT2D eigenvalue weighted by Gasteiger charge is 2.25. The lowest BCUT2D eigenvalue weighted by atomic mass is 10.1. The van der Waals surface area contributed by atoms with E-state index >= 15 is 0 Å². The molecule has 1 aromatic heterocycles. The van der Waals surface area contributed by atoms with Crippen LogP contribution in [0, 0.1) is 6.92 Å². The molecule has 3 rings (SSSR count). The maximum atomic E-state index is 12.1. The van der Waals surface area contributed by atoms with Crippen LogP contribution in [0.2, 0.25) is 0 Å². The molecule has 2 aromatic rings. The third-order valence-corrected chi connectivity index (χ3v) is 4.30. The van der Waals surface area contributed by atoms with Crippen molar-refractivity contribution in [2.24, 2.45) is 0 Å². The summed E-state index contributed by atoms with van der Waals surface area (Å²) in [6.07, 6.45) is 2.35. The molecule has 5 heteroatoms. The number of hydrogen-bond donors (Lipinski definition) is 2. The number of carbonyl (C=O) groups is 1. The Morgan fingerprint density at radius 2 is 2.05 bits per heavy atom. The van der Waals surface area contributed by atoms with Crippen molar-refractivity contribution in [1.29, 1.82) is 0 Å². The van der Waals surface area contributed by atoms with Crippen molar-refractivity contribution < 1.29 is 4.79 Å². The Morgan fingerprint density at radius 1 is 1.33 bits per heavy atom. The topological polar surface area (TPSA) is 54.0 Å². The minimum atomic E-state index is -0.177. The van der Waals surface area contributed by atoms with Crippen molar-refractivity contribution in [2.45, 2.75) is 38.8 Å². The molecule has 110 valence electrons. The van der Waals surface area contributed by atoms with Gasteiger partial charge in [-0.1, -0.05) is 29.8 Å². The molecule has 4 nitrogen and oxygen atoms in total. The Bertz CT molecular complexity index is 631. The maximum Gasteiger partial charge on any atom is 0.243 e. The standard InChI is InChI=1S/C16H19N3OS/c1-10-3-5-12(6-4-10)14-9-21-16(18-14)19-15(20)11(2)17-13-7-8-13/h3-6,9,11,13,17H,7-8H2,1-2H3,(H,18,19,20). The number of thiazole rings is 1. The van der Waals surface area contributed by atoms with E-state index in [0.717, 1.165) is 11.3 Å². The van der Waals surface area contributed by atoms with Crippen molar-refractivity contribution in [1.82, 2.24) is 10.3 Å². The predicted octanol–water partition coefficient (Wildman–Crippen LogP) is 3.20. The number of benzene rings is 1. The van der Waals surface area contributed by atoms with Gasteiger partial charge in [0, 0.05) is 17.0 Å². The van der Waals surface area contributed by atoms with E-state index < -0.39 is 0 Å². The summed E-state index contributed by atoms with van der Waals surface area (Å²) in [6.45, 7) is 3.95. The largest absolute Gasteiger partial charge is 0.303 e. The Morgan fingerprint density at radius 3 is 2.71 bits per heavy atom. The van der Waals surface area contributed by atoms with Gasteiger partial charge in [0.05, 0.1) is 11.7 Å². The summed E-state index contributed by atoms with van der Waals surface area (Å²) >= 11 is 1.46. The van der Waals surface area contributed by atoms with Gasteiger partial charge in [0.15, 0.2) is 5.13 Å². The average molecular weight is 301 g/mol. The molecular formula is C16H19N3OS. The first-order chi connectivity index (χ1) is 10.1. The van der Waals surface area contributed by atoms with Crippen LogP contribution in [-0.2, 0) is 4.79 Å². The number of carbonyl (C=O) groups excluding carboxylic acids is 1. The first-order valence-electron chi connectivity index (χ1n) is 7.21. The first kappa shape index (κ1) is 14.2. The molecule has 0 bridgehead atoms. The van der Waals surface area contributed by atoms with E-state index in [1.54, 1.807) is 0 Å². The molecule has 0 aliphatic heterocycles. The van der Waals surface area contributed by atoms with Crippen molar-refractivity contribution in [3.8, 4) is 11.3 Å². The van der Waals surface area contributed by atoms with Gasteiger partial charge in [-0.2, -0.15) is 0 Å². The van der Waals surface area contributed by atoms with Gasteiger partial charge in [-0.15, -0.1) is 11.3 Å². The van der Waals surface area contributed by atoms with Crippen LogP contribution >= 0.6 is 11.3 Å². The van der Waals surface area contributed by atoms with E-state index in [9.17, 15) is 4.79 Å². The second kappa shape index (κ2) is 5.95. The van der Waals surface area contributed by atoms with E-state index in [-0.39, 0.29) is 11.9 Å². The highest BCUT2D eigenvalue weighted by atomic mass is 32.1. The zero-order chi connectivity index (χ0) is 14.8. The molecule has 2 N–H and O–H groups in total. The van der Waals surface area contributed by atoms with Gasteiger partial charge in [0.25, 0.3) is 0 Å². The number of hydrogen-bond acceptors (Lipinski definition) is 4. The Kier molecular flexibility index (Phi) is 4.03. The number of aryl methyl sites for hydroxylation is 1. The third-order valence-electron chi connectivity index (χ3n) is 3.54. The molecule has 0 radical (unpaired) electrons. The summed E-state index contributed by atoms with van der Waals surface area (Å²) in [5.74, 6) is -0.0216. The van der Waals surface area contributed by atoms with Gasteiger partial charge >= 0.3 is 0 Å². The van der Waals surface area contributed by atoms with Crippen LogP contribution in [-0.4, -0.2) is 23.0 Å². The fraction of sp³-hybridized carbons (Fsp3) is 0.375. The fourth-order valence-electron chi connectivity index (χ4n) is 2.08. The van der Waals surface area contributed by atoms with Crippen LogP contribution in [0.4, 0.5) is 5.13 Å². The van der Waals surface area contributed by atoms with Gasteiger partial charge < -0.3 is 10.6 Å². The van der Waals surface area contributed by atoms with Crippen molar-refractivity contribution >= 4 is 22.4 Å². The SMILES string of the molecule is Cc1ccc(-c2csc(NC(=O)C(C)NC3CC3)n2)cc1. The number of aromatic nitrogens is 1. The molecule has 1 fully saturated rings. The lowest BCUT2D eigenvalue weighted by Gasteiger charge is -2.11. The van der Waals surface area contributed by atoms with E-state index in [1.165, 1.54) is 29.7 Å². The number of nitrogens with zero attached hydrogens (tertiary/aromatic N) is 1. The van der Waals surface area contributed by atoms with Crippen LogP contribution in [0.3, 0.4) is 0 Å². The fourth-order valence-corrected chi connectivity index (χ4v) is 2.80. The zero-order valence-electron chi connectivity index (χ0n) is 12.2. The van der Waals surface area contributed by atoms with Crippen LogP contribution in [0.25, 0.3) is 11.3 Å². The molecule has 0 saturated heterocycles. The minimum absolute atomic E-state index is 0.0216. The third kappa shape index (κ3) is 3.68. The van der Waals surface area contributed by atoms with E-state index in [1.807, 2.05) is 24.4 Å². The molecule has 1 heterocycles. The summed E-state index contributed by atoms with van der Waals surface area (Å²) in [4.78, 5) is 16.5. The number of anilines is 1. The van der Waals surface area contributed by atoms with Crippen molar-refractivity contribution in [3.63, 3.8) is 0 Å². The molecule has 1 saturated carbocycles. The Labute approximate surface area is 128 Å². The molecule has 21 heavy (non-hydrogen) atoms. The van der Waals surface area contributed by atoms with Gasteiger partial charge in [0.1, 0.15) is 0 Å². The summed E-state index contributed by atoms with van der Waals surface area (Å²) in [5, 5.41) is 8.79. The predicted molar refractivity (Wildman–Crippen MR) is 86.5 cm³/mol. The molecule has 1 aromatic carbocycles. The van der Waals surface area contributed by atoms with Gasteiger partial charge in [-0.3, -0.25) is 4.79 Å². The number of amides is 1. The van der Waals surface area contributed by atoms with Crippen molar-refractivity contribution in [3.05, 3.63) is 35.2 Å². The Balaban J connectivity index is 1.64. The zero-order valence-corrected chi connectivity index (χ0v) is 13.0. The lowest BCUT2D eigenvalue weighted by molar-refractivity contribution is -0.117. The number of rotatable bonds is 5.